The molecule has 174 valence electrons. The van der Waals surface area contributed by atoms with Crippen LogP contribution in [0.15, 0.2) is 71.8 Å². The number of carbonyl (C=O) groups is 3. The Balaban J connectivity index is 1.74. The maximum atomic E-state index is 13.1. The van der Waals surface area contributed by atoms with Gasteiger partial charge in [0.1, 0.15) is 17.5 Å². The van der Waals surface area contributed by atoms with E-state index in [1.165, 1.54) is 54.0 Å². The van der Waals surface area contributed by atoms with Crippen LogP contribution in [-0.2, 0) is 24.4 Å². The lowest BCUT2D eigenvalue weighted by atomic mass is 10.1. The smallest absolute Gasteiger partial charge is 0.261 e. The second-order valence-electron chi connectivity index (χ2n) is 7.23. The van der Waals surface area contributed by atoms with Gasteiger partial charge in [0.2, 0.25) is 15.9 Å². The Hall–Kier alpha value is -3.54. The van der Waals surface area contributed by atoms with Crippen LogP contribution in [0.2, 0.25) is 0 Å². The number of carbonyl (C=O) groups excluding carboxylic acids is 3. The van der Waals surface area contributed by atoms with Crippen LogP contribution in [0, 0.1) is 0 Å². The first-order chi connectivity index (χ1) is 15.7. The van der Waals surface area contributed by atoms with Gasteiger partial charge in [-0.05, 0) is 48.9 Å². The average molecular weight is 474 g/mol. The number of allylic oxidation sites excluding steroid dienone is 1. The SMILES string of the molecule is CN(C(CCN1C=CC(=O)CC1=O)C(=O)NO)S(=O)(=O)c1ccc(Oc2ccccc2)cc1. The number of ether oxygens (including phenoxy) is 1. The Morgan fingerprint density at radius 2 is 1.76 bits per heavy atom. The molecule has 2 aromatic carbocycles. The molecule has 0 bridgehead atoms. The molecule has 2 N–H and O–H groups in total. The number of sulfonamides is 1. The summed E-state index contributed by atoms with van der Waals surface area (Å²) in [5.74, 6) is -0.717. The van der Waals surface area contributed by atoms with E-state index >= 15 is 0 Å². The molecule has 0 fully saturated rings. The summed E-state index contributed by atoms with van der Waals surface area (Å²) in [6.07, 6.45) is 2.13. The summed E-state index contributed by atoms with van der Waals surface area (Å²) in [5.41, 5.74) is 1.47. The van der Waals surface area contributed by atoms with E-state index in [1.54, 1.807) is 24.3 Å². The fraction of sp³-hybridized carbons (Fsp3) is 0.227. The van der Waals surface area contributed by atoms with E-state index in [2.05, 4.69) is 0 Å². The molecular weight excluding hydrogens is 450 g/mol. The maximum absolute atomic E-state index is 13.1. The highest BCUT2D eigenvalue weighted by Crippen LogP contribution is 2.25. The summed E-state index contributed by atoms with van der Waals surface area (Å²) in [6, 6.07) is 13.3. The average Bonchev–Trinajstić information content (AvgIpc) is 2.81. The van der Waals surface area contributed by atoms with Gasteiger partial charge in [0, 0.05) is 19.8 Å². The molecule has 0 aromatic heterocycles. The lowest BCUT2D eigenvalue weighted by Crippen LogP contribution is -2.48. The Morgan fingerprint density at radius 1 is 1.12 bits per heavy atom. The van der Waals surface area contributed by atoms with Gasteiger partial charge in [-0.25, -0.2) is 13.9 Å². The highest BCUT2D eigenvalue weighted by atomic mass is 32.2. The minimum atomic E-state index is -4.13. The zero-order chi connectivity index (χ0) is 24.0. The van der Waals surface area contributed by atoms with Crippen LogP contribution in [0.25, 0.3) is 0 Å². The molecule has 1 aliphatic rings. The number of hydrogen-bond donors (Lipinski definition) is 2. The number of hydrogen-bond acceptors (Lipinski definition) is 7. The fourth-order valence-electron chi connectivity index (χ4n) is 3.22. The molecule has 2 aromatic rings. The van der Waals surface area contributed by atoms with Gasteiger partial charge in [-0.1, -0.05) is 18.2 Å². The number of likely N-dealkylation sites (N-methyl/N-ethyl adjacent to an activating group) is 1. The third-order valence-electron chi connectivity index (χ3n) is 5.06. The number of hydroxylamine groups is 1. The lowest BCUT2D eigenvalue weighted by molar-refractivity contribution is -0.136. The van der Waals surface area contributed by atoms with Crippen molar-refractivity contribution in [2.45, 2.75) is 23.8 Å². The van der Waals surface area contributed by atoms with Gasteiger partial charge < -0.3 is 9.64 Å². The van der Waals surface area contributed by atoms with Crippen molar-refractivity contribution < 1.29 is 32.7 Å². The monoisotopic (exact) mass is 473 g/mol. The first kappa shape index (κ1) is 24.1. The molecule has 0 spiro atoms. The van der Waals surface area contributed by atoms with Crippen molar-refractivity contribution in [2.24, 2.45) is 0 Å². The van der Waals surface area contributed by atoms with Crippen molar-refractivity contribution in [3.63, 3.8) is 0 Å². The van der Waals surface area contributed by atoms with Crippen LogP contribution in [0.5, 0.6) is 11.5 Å². The number of rotatable bonds is 9. The summed E-state index contributed by atoms with van der Waals surface area (Å²) in [7, 11) is -2.92. The predicted octanol–water partition coefficient (Wildman–Crippen LogP) is 1.68. The summed E-state index contributed by atoms with van der Waals surface area (Å²) in [5, 5.41) is 9.11. The Labute approximate surface area is 191 Å². The van der Waals surface area contributed by atoms with E-state index in [9.17, 15) is 22.8 Å². The van der Waals surface area contributed by atoms with Crippen LogP contribution in [0.1, 0.15) is 12.8 Å². The molecular formula is C22H23N3O7S. The number of ketones is 1. The first-order valence-electron chi connectivity index (χ1n) is 9.98. The summed E-state index contributed by atoms with van der Waals surface area (Å²) in [4.78, 5) is 36.7. The minimum absolute atomic E-state index is 0.0234. The van der Waals surface area contributed by atoms with Crippen LogP contribution >= 0.6 is 0 Å². The molecule has 1 heterocycles. The van der Waals surface area contributed by atoms with E-state index in [0.717, 1.165) is 4.31 Å². The van der Waals surface area contributed by atoms with Crippen molar-refractivity contribution in [2.75, 3.05) is 13.6 Å². The highest BCUT2D eigenvalue weighted by molar-refractivity contribution is 7.89. The molecule has 0 saturated carbocycles. The molecule has 33 heavy (non-hydrogen) atoms. The standard InChI is InChI=1S/C22H23N3O7S/c1-24(20(22(28)23-29)12-14-25-13-11-16(26)15-21(25)27)33(30,31)19-9-7-18(8-10-19)32-17-5-3-2-4-6-17/h2-11,13,20,29H,12,14-15H2,1H3,(H,23,28). The van der Waals surface area contributed by atoms with Crippen LogP contribution in [-0.4, -0.2) is 60.1 Å². The number of amides is 2. The van der Waals surface area contributed by atoms with E-state index in [0.29, 0.717) is 11.5 Å². The zero-order valence-electron chi connectivity index (χ0n) is 17.7. The Kier molecular flexibility index (Phi) is 7.59. The third kappa shape index (κ3) is 5.83. The van der Waals surface area contributed by atoms with E-state index in [4.69, 9.17) is 9.94 Å². The van der Waals surface area contributed by atoms with Crippen molar-refractivity contribution >= 4 is 27.6 Å². The minimum Gasteiger partial charge on any atom is -0.457 e. The van der Waals surface area contributed by atoms with E-state index in [-0.39, 0.29) is 30.1 Å². The van der Waals surface area contributed by atoms with Gasteiger partial charge >= 0.3 is 0 Å². The normalized spacial score (nSPS) is 14.9. The van der Waals surface area contributed by atoms with Crippen LogP contribution in [0.4, 0.5) is 0 Å². The molecule has 0 aliphatic carbocycles. The number of para-hydroxylation sites is 1. The van der Waals surface area contributed by atoms with Crippen molar-refractivity contribution in [1.29, 1.82) is 0 Å². The number of nitrogens with zero attached hydrogens (tertiary/aromatic N) is 2. The largest absolute Gasteiger partial charge is 0.457 e. The molecule has 11 heteroatoms. The molecule has 1 atom stereocenters. The van der Waals surface area contributed by atoms with Gasteiger partial charge in [0.15, 0.2) is 5.78 Å². The lowest BCUT2D eigenvalue weighted by Gasteiger charge is -2.28. The summed E-state index contributed by atoms with van der Waals surface area (Å²) >= 11 is 0. The van der Waals surface area contributed by atoms with Gasteiger partial charge in [0.05, 0.1) is 11.3 Å². The van der Waals surface area contributed by atoms with E-state index < -0.39 is 27.9 Å². The Bertz CT molecular complexity index is 1150. The second-order valence-corrected chi connectivity index (χ2v) is 9.23. The summed E-state index contributed by atoms with van der Waals surface area (Å²) < 4.78 is 32.7. The second kappa shape index (κ2) is 10.4. The van der Waals surface area contributed by atoms with Crippen LogP contribution in [0.3, 0.4) is 0 Å². The number of benzene rings is 2. The first-order valence-corrected chi connectivity index (χ1v) is 11.4. The molecule has 1 unspecified atom stereocenters. The fourth-order valence-corrected chi connectivity index (χ4v) is 4.57. The van der Waals surface area contributed by atoms with E-state index in [1.807, 2.05) is 6.07 Å². The summed E-state index contributed by atoms with van der Waals surface area (Å²) in [6.45, 7) is -0.0234. The Morgan fingerprint density at radius 3 is 2.36 bits per heavy atom. The van der Waals surface area contributed by atoms with Gasteiger partial charge in [-0.15, -0.1) is 0 Å². The quantitative estimate of drug-likeness (QED) is 0.322. The highest BCUT2D eigenvalue weighted by Gasteiger charge is 2.33. The van der Waals surface area contributed by atoms with Crippen molar-refractivity contribution in [3.05, 3.63) is 66.9 Å². The molecule has 0 radical (unpaired) electrons. The van der Waals surface area contributed by atoms with Crippen molar-refractivity contribution in [3.8, 4) is 11.5 Å². The third-order valence-corrected chi connectivity index (χ3v) is 6.94. The van der Waals surface area contributed by atoms with Gasteiger partial charge in [0.25, 0.3) is 5.91 Å². The molecule has 1 aliphatic heterocycles. The molecule has 3 rings (SSSR count). The molecule has 10 nitrogen and oxygen atoms in total. The predicted molar refractivity (Wildman–Crippen MR) is 117 cm³/mol. The maximum Gasteiger partial charge on any atom is 0.261 e. The van der Waals surface area contributed by atoms with Crippen LogP contribution < -0.4 is 10.2 Å². The van der Waals surface area contributed by atoms with Crippen molar-refractivity contribution in [1.82, 2.24) is 14.7 Å². The zero-order valence-corrected chi connectivity index (χ0v) is 18.6. The number of nitrogens with one attached hydrogen (secondary N) is 1. The van der Waals surface area contributed by atoms with Gasteiger partial charge in [-0.2, -0.15) is 4.31 Å². The topological polar surface area (TPSA) is 133 Å². The molecule has 0 saturated heterocycles. The van der Waals surface area contributed by atoms with Gasteiger partial charge in [-0.3, -0.25) is 19.6 Å². The molecule has 2 amide bonds.